The smallest absolute Gasteiger partial charge is 0.489 e. The second kappa shape index (κ2) is 6.60. The van der Waals surface area contributed by atoms with Crippen molar-refractivity contribution in [3.8, 4) is 5.75 Å². The zero-order valence-electron chi connectivity index (χ0n) is 16.3. The van der Waals surface area contributed by atoms with Crippen molar-refractivity contribution in [2.75, 3.05) is 0 Å². The largest absolute Gasteiger partial charge is 0.497 e. The van der Waals surface area contributed by atoms with Gasteiger partial charge in [0.25, 0.3) is 0 Å². The van der Waals surface area contributed by atoms with Gasteiger partial charge >= 0.3 is 7.12 Å². The van der Waals surface area contributed by atoms with Gasteiger partial charge in [-0.25, -0.2) is 4.39 Å². The summed E-state index contributed by atoms with van der Waals surface area (Å²) in [6, 6.07) is 8.87. The van der Waals surface area contributed by atoms with Gasteiger partial charge in [-0.3, -0.25) is 4.98 Å². The van der Waals surface area contributed by atoms with Crippen molar-refractivity contribution in [3.05, 3.63) is 53.6 Å². The van der Waals surface area contributed by atoms with Crippen LogP contribution in [0.25, 0.3) is 0 Å². The van der Waals surface area contributed by atoms with Crippen molar-refractivity contribution in [2.45, 2.75) is 64.3 Å². The highest BCUT2D eigenvalue weighted by Crippen LogP contribution is 2.39. The summed E-state index contributed by atoms with van der Waals surface area (Å²) in [5.41, 5.74) is 1.50. The average molecular weight is 369 g/mol. The van der Waals surface area contributed by atoms with E-state index in [2.05, 4.69) is 11.1 Å². The second-order valence-corrected chi connectivity index (χ2v) is 8.43. The molecule has 4 nitrogen and oxygen atoms in total. The molecule has 0 amide bonds. The molecule has 0 N–H and O–H groups in total. The lowest BCUT2D eigenvalue weighted by Crippen LogP contribution is -2.41. The van der Waals surface area contributed by atoms with Crippen LogP contribution in [-0.2, 0) is 15.9 Å². The molecule has 0 bridgehead atoms. The first kappa shape index (κ1) is 18.4. The van der Waals surface area contributed by atoms with Crippen LogP contribution in [0.4, 0.5) is 4.39 Å². The molecule has 2 aromatic rings. The average Bonchev–Trinajstić information content (AvgIpc) is 3.41. The molecule has 2 heterocycles. The number of benzene rings is 1. The molecule has 6 heteroatoms. The molecule has 4 rings (SSSR count). The van der Waals surface area contributed by atoms with Crippen molar-refractivity contribution < 1.29 is 18.4 Å². The van der Waals surface area contributed by atoms with Crippen LogP contribution in [0.1, 0.15) is 57.7 Å². The number of aromatic nitrogens is 1. The van der Waals surface area contributed by atoms with Crippen LogP contribution in [0.15, 0.2) is 36.5 Å². The van der Waals surface area contributed by atoms with Crippen molar-refractivity contribution in [3.63, 3.8) is 0 Å². The Bertz CT molecular complexity index is 818. The Labute approximate surface area is 160 Å². The highest BCUT2D eigenvalue weighted by Gasteiger charge is 2.52. The molecule has 0 unspecified atom stereocenters. The van der Waals surface area contributed by atoms with Gasteiger partial charge < -0.3 is 14.0 Å². The summed E-state index contributed by atoms with van der Waals surface area (Å²) in [5.74, 6) is 0.712. The molecule has 1 aliphatic heterocycles. The van der Waals surface area contributed by atoms with E-state index in [1.165, 1.54) is 18.9 Å². The van der Waals surface area contributed by atoms with E-state index >= 15 is 0 Å². The van der Waals surface area contributed by atoms with Crippen molar-refractivity contribution in [1.29, 1.82) is 0 Å². The fourth-order valence-electron chi connectivity index (χ4n) is 3.07. The summed E-state index contributed by atoms with van der Waals surface area (Å²) >= 11 is 0. The van der Waals surface area contributed by atoms with Crippen LogP contribution in [0.5, 0.6) is 5.75 Å². The summed E-state index contributed by atoms with van der Waals surface area (Å²) in [7, 11) is -0.719. The third kappa shape index (κ3) is 3.73. The Morgan fingerprint density at radius 3 is 2.37 bits per heavy atom. The Balaban J connectivity index is 1.41. The zero-order chi connectivity index (χ0) is 19.2. The third-order valence-electron chi connectivity index (χ3n) is 5.73. The van der Waals surface area contributed by atoms with E-state index in [4.69, 9.17) is 14.0 Å². The minimum atomic E-state index is -0.719. The molecule has 1 saturated carbocycles. The molecule has 2 fully saturated rings. The minimum Gasteiger partial charge on any atom is -0.489 e. The molecule has 27 heavy (non-hydrogen) atoms. The molecule has 1 aromatic carbocycles. The van der Waals surface area contributed by atoms with Gasteiger partial charge in [-0.15, -0.1) is 0 Å². The van der Waals surface area contributed by atoms with Gasteiger partial charge in [0.05, 0.1) is 11.2 Å². The lowest BCUT2D eigenvalue weighted by atomic mass is 9.78. The predicted molar refractivity (Wildman–Crippen MR) is 103 cm³/mol. The van der Waals surface area contributed by atoms with Crippen molar-refractivity contribution in [1.82, 2.24) is 4.98 Å². The quantitative estimate of drug-likeness (QED) is 0.748. The molecule has 2 aliphatic rings. The Kier molecular flexibility index (Phi) is 4.51. The van der Waals surface area contributed by atoms with E-state index in [0.29, 0.717) is 23.7 Å². The Morgan fingerprint density at radius 1 is 1.11 bits per heavy atom. The van der Waals surface area contributed by atoms with Gasteiger partial charge in [-0.05, 0) is 52.7 Å². The molecule has 142 valence electrons. The van der Waals surface area contributed by atoms with Gasteiger partial charge in [-0.2, -0.15) is 0 Å². The zero-order valence-corrected chi connectivity index (χ0v) is 16.3. The predicted octanol–water partition coefficient (Wildman–Crippen LogP) is 3.98. The Hall–Kier alpha value is -1.92. The summed E-state index contributed by atoms with van der Waals surface area (Å²) in [6.45, 7) is 8.15. The SMILES string of the molecule is CC1(C)OB(c2ccc(OCc3ccc(C4CC4)nc3)cc2F)OC1(C)C. The fraction of sp³-hybridized carbons (Fsp3) is 0.476. The van der Waals surface area contributed by atoms with Gasteiger partial charge in [0.15, 0.2) is 0 Å². The molecule has 0 spiro atoms. The first-order valence-corrected chi connectivity index (χ1v) is 9.48. The first-order chi connectivity index (χ1) is 12.7. The van der Waals surface area contributed by atoms with Gasteiger partial charge in [0.2, 0.25) is 0 Å². The first-order valence-electron chi connectivity index (χ1n) is 9.48. The number of rotatable bonds is 5. The van der Waals surface area contributed by atoms with Crippen molar-refractivity contribution >= 4 is 12.6 Å². The second-order valence-electron chi connectivity index (χ2n) is 8.43. The topological polar surface area (TPSA) is 40.6 Å². The van der Waals surface area contributed by atoms with Crippen LogP contribution in [0.2, 0.25) is 0 Å². The maximum atomic E-state index is 14.6. The van der Waals surface area contributed by atoms with Crippen LogP contribution in [0, 0.1) is 5.82 Å². The normalized spacial score (nSPS) is 20.7. The highest BCUT2D eigenvalue weighted by molar-refractivity contribution is 6.62. The van der Waals surface area contributed by atoms with E-state index in [1.807, 2.05) is 40.0 Å². The molecule has 0 atom stereocenters. The van der Waals surface area contributed by atoms with Gasteiger partial charge in [0.1, 0.15) is 18.2 Å². The molecule has 1 aliphatic carbocycles. The number of nitrogens with zero attached hydrogens (tertiary/aromatic N) is 1. The maximum Gasteiger partial charge on any atom is 0.497 e. The van der Waals surface area contributed by atoms with Crippen LogP contribution < -0.4 is 10.2 Å². The lowest BCUT2D eigenvalue weighted by molar-refractivity contribution is 0.00578. The third-order valence-corrected chi connectivity index (χ3v) is 5.73. The van der Waals surface area contributed by atoms with Crippen molar-refractivity contribution in [2.24, 2.45) is 0 Å². The molecule has 1 aromatic heterocycles. The van der Waals surface area contributed by atoms with E-state index in [-0.39, 0.29) is 0 Å². The number of halogens is 1. The highest BCUT2D eigenvalue weighted by atomic mass is 19.1. The summed E-state index contributed by atoms with van der Waals surface area (Å²) in [4.78, 5) is 4.48. The van der Waals surface area contributed by atoms with Gasteiger partial charge in [0, 0.05) is 34.9 Å². The number of ether oxygens (including phenoxy) is 1. The van der Waals surface area contributed by atoms with E-state index in [9.17, 15) is 4.39 Å². The van der Waals surface area contributed by atoms with Gasteiger partial charge in [-0.1, -0.05) is 12.1 Å². The van der Waals surface area contributed by atoms with E-state index in [1.54, 1.807) is 12.1 Å². The molecule has 0 radical (unpaired) electrons. The lowest BCUT2D eigenvalue weighted by Gasteiger charge is -2.32. The van der Waals surface area contributed by atoms with E-state index < -0.39 is 24.1 Å². The standard InChI is InChI=1S/C21H25BFNO3/c1-20(2)21(3,4)27-22(26-20)17-9-8-16(11-18(17)23)25-13-14-5-10-19(24-12-14)15-6-7-15/h5,8-12,15H,6-7,13H2,1-4H3. The van der Waals surface area contributed by atoms with E-state index in [0.717, 1.165) is 11.3 Å². The summed E-state index contributed by atoms with van der Waals surface area (Å²) < 4.78 is 32.2. The van der Waals surface area contributed by atoms with Crippen LogP contribution in [-0.4, -0.2) is 23.3 Å². The number of pyridine rings is 1. The van der Waals surface area contributed by atoms with Crippen LogP contribution >= 0.6 is 0 Å². The molecular formula is C21H25BFNO3. The van der Waals surface area contributed by atoms with Crippen LogP contribution in [0.3, 0.4) is 0 Å². The maximum absolute atomic E-state index is 14.6. The fourth-order valence-corrected chi connectivity index (χ4v) is 3.07. The molecule has 1 saturated heterocycles. The molecular weight excluding hydrogens is 344 g/mol. The monoisotopic (exact) mass is 369 g/mol. The number of hydrogen-bond donors (Lipinski definition) is 0. The summed E-state index contributed by atoms with van der Waals surface area (Å²) in [5, 5.41) is 0. The summed E-state index contributed by atoms with van der Waals surface area (Å²) in [6.07, 6.45) is 4.30. The number of hydrogen-bond acceptors (Lipinski definition) is 4. The minimum absolute atomic E-state index is 0.354. The Morgan fingerprint density at radius 2 is 1.81 bits per heavy atom.